The minimum Gasteiger partial charge on any atom is -0.314 e. The third-order valence-corrected chi connectivity index (χ3v) is 4.98. The Balaban J connectivity index is 2.09. The maximum atomic E-state index is 14.0. The average Bonchev–Trinajstić information content (AvgIpc) is 2.46. The van der Waals surface area contributed by atoms with E-state index in [0.717, 1.165) is 24.4 Å². The maximum Gasteiger partial charge on any atom is 0.126 e. The summed E-state index contributed by atoms with van der Waals surface area (Å²) in [5, 5.41) is 4.23. The van der Waals surface area contributed by atoms with Crippen molar-refractivity contribution in [2.45, 2.75) is 58.4 Å². The van der Waals surface area contributed by atoms with Gasteiger partial charge in [-0.05, 0) is 67.8 Å². The summed E-state index contributed by atoms with van der Waals surface area (Å²) in [4.78, 5) is 0. The molecule has 2 rings (SSSR count). The van der Waals surface area contributed by atoms with E-state index in [9.17, 15) is 4.39 Å². The standard InChI is InChI=1S/C18H27ClFN/c1-3-5-13-6-9-18(21-4-2)15(10-13)11-14-12-16(19)7-8-17(14)20/h7-8,12-13,15,18,21H,3-6,9-11H2,1-2H3. The molecule has 1 fully saturated rings. The number of hydrogen-bond donors (Lipinski definition) is 1. The molecule has 0 bridgehead atoms. The predicted octanol–water partition coefficient (Wildman–Crippen LogP) is 5.22. The van der Waals surface area contributed by atoms with Crippen LogP contribution in [0.2, 0.25) is 5.02 Å². The van der Waals surface area contributed by atoms with E-state index in [0.29, 0.717) is 17.0 Å². The van der Waals surface area contributed by atoms with Gasteiger partial charge in [0.2, 0.25) is 0 Å². The van der Waals surface area contributed by atoms with Crippen LogP contribution >= 0.6 is 11.6 Å². The van der Waals surface area contributed by atoms with Crippen molar-refractivity contribution in [3.8, 4) is 0 Å². The van der Waals surface area contributed by atoms with Gasteiger partial charge in [-0.3, -0.25) is 0 Å². The lowest BCUT2D eigenvalue weighted by Gasteiger charge is -2.37. The molecule has 1 saturated carbocycles. The first-order valence-electron chi connectivity index (χ1n) is 8.31. The van der Waals surface area contributed by atoms with E-state index in [-0.39, 0.29) is 5.82 Å². The van der Waals surface area contributed by atoms with Crippen LogP contribution in [0.4, 0.5) is 4.39 Å². The van der Waals surface area contributed by atoms with Crippen molar-refractivity contribution in [2.75, 3.05) is 6.54 Å². The topological polar surface area (TPSA) is 12.0 Å². The van der Waals surface area contributed by atoms with Crippen LogP contribution in [-0.2, 0) is 6.42 Å². The van der Waals surface area contributed by atoms with E-state index in [1.165, 1.54) is 38.2 Å². The van der Waals surface area contributed by atoms with E-state index in [4.69, 9.17) is 11.6 Å². The summed E-state index contributed by atoms with van der Waals surface area (Å²) >= 11 is 6.03. The molecule has 0 amide bonds. The van der Waals surface area contributed by atoms with Crippen LogP contribution in [0.5, 0.6) is 0 Å². The summed E-state index contributed by atoms with van der Waals surface area (Å²) < 4.78 is 14.0. The lowest BCUT2D eigenvalue weighted by Crippen LogP contribution is -2.41. The lowest BCUT2D eigenvalue weighted by molar-refractivity contribution is 0.194. The molecular formula is C18H27ClFN. The molecule has 1 nitrogen and oxygen atoms in total. The minimum atomic E-state index is -0.118. The highest BCUT2D eigenvalue weighted by atomic mass is 35.5. The second-order valence-electron chi connectivity index (χ2n) is 6.33. The van der Waals surface area contributed by atoms with E-state index < -0.39 is 0 Å². The Morgan fingerprint density at radius 3 is 2.81 bits per heavy atom. The molecule has 21 heavy (non-hydrogen) atoms. The summed E-state index contributed by atoms with van der Waals surface area (Å²) in [7, 11) is 0. The Morgan fingerprint density at radius 2 is 2.10 bits per heavy atom. The summed E-state index contributed by atoms with van der Waals surface area (Å²) in [6.07, 6.45) is 7.06. The molecule has 1 N–H and O–H groups in total. The Hall–Kier alpha value is -0.600. The Labute approximate surface area is 133 Å². The fourth-order valence-electron chi connectivity index (χ4n) is 3.77. The molecular weight excluding hydrogens is 285 g/mol. The van der Waals surface area contributed by atoms with Crippen molar-refractivity contribution in [1.82, 2.24) is 5.32 Å². The molecule has 0 aliphatic heterocycles. The molecule has 1 aliphatic carbocycles. The molecule has 0 spiro atoms. The largest absolute Gasteiger partial charge is 0.314 e. The van der Waals surface area contributed by atoms with E-state index >= 15 is 0 Å². The van der Waals surface area contributed by atoms with E-state index in [2.05, 4.69) is 19.2 Å². The van der Waals surface area contributed by atoms with Gasteiger partial charge in [-0.1, -0.05) is 38.3 Å². The van der Waals surface area contributed by atoms with Crippen LogP contribution in [0.3, 0.4) is 0 Å². The first kappa shape index (κ1) is 16.8. The molecule has 1 aromatic rings. The zero-order valence-corrected chi connectivity index (χ0v) is 13.9. The van der Waals surface area contributed by atoms with Gasteiger partial charge >= 0.3 is 0 Å². The highest BCUT2D eigenvalue weighted by Gasteiger charge is 2.30. The van der Waals surface area contributed by atoms with Crippen LogP contribution in [-0.4, -0.2) is 12.6 Å². The first-order valence-corrected chi connectivity index (χ1v) is 8.69. The second kappa shape index (κ2) is 8.14. The van der Waals surface area contributed by atoms with Gasteiger partial charge in [0.15, 0.2) is 0 Å². The van der Waals surface area contributed by atoms with Crippen molar-refractivity contribution >= 4 is 11.6 Å². The number of benzene rings is 1. The number of rotatable bonds is 6. The lowest BCUT2D eigenvalue weighted by atomic mass is 9.74. The van der Waals surface area contributed by atoms with Gasteiger partial charge in [0.25, 0.3) is 0 Å². The molecule has 1 aliphatic rings. The van der Waals surface area contributed by atoms with Crippen LogP contribution in [0.15, 0.2) is 18.2 Å². The van der Waals surface area contributed by atoms with Crippen molar-refractivity contribution in [3.05, 3.63) is 34.6 Å². The minimum absolute atomic E-state index is 0.118. The van der Waals surface area contributed by atoms with Gasteiger partial charge in [-0.2, -0.15) is 0 Å². The average molecular weight is 312 g/mol. The second-order valence-corrected chi connectivity index (χ2v) is 6.77. The molecule has 0 radical (unpaired) electrons. The van der Waals surface area contributed by atoms with Gasteiger partial charge in [-0.25, -0.2) is 4.39 Å². The van der Waals surface area contributed by atoms with E-state index in [1.54, 1.807) is 12.1 Å². The van der Waals surface area contributed by atoms with Crippen molar-refractivity contribution in [1.29, 1.82) is 0 Å². The Kier molecular flexibility index (Phi) is 6.50. The van der Waals surface area contributed by atoms with Gasteiger partial charge in [0.1, 0.15) is 5.82 Å². The van der Waals surface area contributed by atoms with Crippen molar-refractivity contribution in [2.24, 2.45) is 11.8 Å². The maximum absolute atomic E-state index is 14.0. The fourth-order valence-corrected chi connectivity index (χ4v) is 3.97. The van der Waals surface area contributed by atoms with Crippen molar-refractivity contribution < 1.29 is 4.39 Å². The molecule has 3 atom stereocenters. The van der Waals surface area contributed by atoms with Gasteiger partial charge in [-0.15, -0.1) is 0 Å². The zero-order chi connectivity index (χ0) is 15.2. The summed E-state index contributed by atoms with van der Waals surface area (Å²) in [5.74, 6) is 1.20. The van der Waals surface area contributed by atoms with Crippen LogP contribution in [0.1, 0.15) is 51.5 Å². The van der Waals surface area contributed by atoms with Crippen LogP contribution < -0.4 is 5.32 Å². The fraction of sp³-hybridized carbons (Fsp3) is 0.667. The molecule has 3 unspecified atom stereocenters. The third-order valence-electron chi connectivity index (χ3n) is 4.74. The Morgan fingerprint density at radius 1 is 1.29 bits per heavy atom. The van der Waals surface area contributed by atoms with Gasteiger partial charge < -0.3 is 5.32 Å². The van der Waals surface area contributed by atoms with Crippen LogP contribution in [0, 0.1) is 17.7 Å². The van der Waals surface area contributed by atoms with Crippen molar-refractivity contribution in [3.63, 3.8) is 0 Å². The number of hydrogen-bond acceptors (Lipinski definition) is 1. The monoisotopic (exact) mass is 311 g/mol. The van der Waals surface area contributed by atoms with E-state index in [1.807, 2.05) is 0 Å². The Bertz CT molecular complexity index is 449. The summed E-state index contributed by atoms with van der Waals surface area (Å²) in [6, 6.07) is 5.43. The third kappa shape index (κ3) is 4.69. The van der Waals surface area contributed by atoms with Gasteiger partial charge in [0.05, 0.1) is 0 Å². The predicted molar refractivity (Wildman–Crippen MR) is 88.3 cm³/mol. The first-order chi connectivity index (χ1) is 10.1. The number of halogens is 2. The quantitative estimate of drug-likeness (QED) is 0.760. The highest BCUT2D eigenvalue weighted by molar-refractivity contribution is 6.30. The number of nitrogens with one attached hydrogen (secondary N) is 1. The molecule has 3 heteroatoms. The van der Waals surface area contributed by atoms with Crippen LogP contribution in [0.25, 0.3) is 0 Å². The molecule has 0 aromatic heterocycles. The summed E-state index contributed by atoms with van der Waals surface area (Å²) in [6.45, 7) is 5.38. The highest BCUT2D eigenvalue weighted by Crippen LogP contribution is 2.35. The van der Waals surface area contributed by atoms with Gasteiger partial charge in [0, 0.05) is 11.1 Å². The summed E-state index contributed by atoms with van der Waals surface area (Å²) in [5.41, 5.74) is 0.771. The smallest absolute Gasteiger partial charge is 0.126 e. The molecule has 0 saturated heterocycles. The normalized spacial score (nSPS) is 26.0. The SMILES string of the molecule is CCCC1CCC(NCC)C(Cc2cc(Cl)ccc2F)C1. The molecule has 1 aromatic carbocycles. The molecule has 0 heterocycles. The zero-order valence-electron chi connectivity index (χ0n) is 13.2. The molecule has 118 valence electrons.